The average molecular weight is 415 g/mol. The largest absolute Gasteiger partial charge is 0.460 e. The second-order valence-electron chi connectivity index (χ2n) is 7.85. The zero-order valence-corrected chi connectivity index (χ0v) is 17.0. The van der Waals surface area contributed by atoms with Gasteiger partial charge in [-0.2, -0.15) is 0 Å². The maximum Gasteiger partial charge on any atom is 0.225 e. The Morgan fingerprint density at radius 1 is 1.00 bits per heavy atom. The van der Waals surface area contributed by atoms with E-state index in [-0.39, 0.29) is 18.2 Å². The summed E-state index contributed by atoms with van der Waals surface area (Å²) in [5, 5.41) is 1.03. The Morgan fingerprint density at radius 2 is 1.76 bits per heavy atom. The van der Waals surface area contributed by atoms with Crippen molar-refractivity contribution in [1.29, 1.82) is 0 Å². The molecular formula is C23H24ClFN2O2. The number of carbonyl (C=O) groups is 1. The number of carbonyl (C=O) groups excluding carboxylic acids is 1. The smallest absolute Gasteiger partial charge is 0.225 e. The van der Waals surface area contributed by atoms with Crippen LogP contribution in [0.25, 0.3) is 22.1 Å². The number of furan rings is 1. The standard InChI is InChI=1S/C23H23FN2O2.ClH/c24-20-3-1-2-17(13-20)18-6-7-22-19(12-18)14-21(28-22)15-25-8-10-26(11-9-25)23(27)16-4-5-16;/h1-3,6-7,12-14,16H,4-5,8-11,15H2;1H. The lowest BCUT2D eigenvalue weighted by molar-refractivity contribution is -0.134. The minimum atomic E-state index is -0.232. The summed E-state index contributed by atoms with van der Waals surface area (Å²) in [6.45, 7) is 4.11. The van der Waals surface area contributed by atoms with Gasteiger partial charge in [0.05, 0.1) is 6.54 Å². The topological polar surface area (TPSA) is 36.7 Å². The number of piperazine rings is 1. The highest BCUT2D eigenvalue weighted by Crippen LogP contribution is 2.31. The van der Waals surface area contributed by atoms with Crippen LogP contribution in [-0.4, -0.2) is 41.9 Å². The van der Waals surface area contributed by atoms with E-state index in [1.165, 1.54) is 6.07 Å². The van der Waals surface area contributed by atoms with E-state index < -0.39 is 0 Å². The van der Waals surface area contributed by atoms with Crippen LogP contribution in [0.1, 0.15) is 18.6 Å². The lowest BCUT2D eigenvalue weighted by Gasteiger charge is -2.34. The molecule has 0 atom stereocenters. The van der Waals surface area contributed by atoms with E-state index in [9.17, 15) is 9.18 Å². The fourth-order valence-electron chi connectivity index (χ4n) is 3.96. The van der Waals surface area contributed by atoms with Gasteiger partial charge in [0.1, 0.15) is 17.2 Å². The van der Waals surface area contributed by atoms with Gasteiger partial charge < -0.3 is 9.32 Å². The Morgan fingerprint density at radius 3 is 2.48 bits per heavy atom. The predicted octanol–water partition coefficient (Wildman–Crippen LogP) is 4.71. The third kappa shape index (κ3) is 4.31. The van der Waals surface area contributed by atoms with Crippen molar-refractivity contribution in [3.05, 3.63) is 60.1 Å². The van der Waals surface area contributed by atoms with Crippen LogP contribution in [0.4, 0.5) is 4.39 Å². The number of nitrogens with zero attached hydrogens (tertiary/aromatic N) is 2. The van der Waals surface area contributed by atoms with Gasteiger partial charge in [-0.15, -0.1) is 12.4 Å². The van der Waals surface area contributed by atoms with Gasteiger partial charge in [0, 0.05) is 37.5 Å². The molecule has 0 unspecified atom stereocenters. The Bertz CT molecular complexity index is 1020. The van der Waals surface area contributed by atoms with Crippen LogP contribution in [0.3, 0.4) is 0 Å². The molecule has 0 bridgehead atoms. The van der Waals surface area contributed by atoms with E-state index in [2.05, 4.69) is 11.0 Å². The summed E-state index contributed by atoms with van der Waals surface area (Å²) >= 11 is 0. The van der Waals surface area contributed by atoms with Crippen LogP contribution in [-0.2, 0) is 11.3 Å². The average Bonchev–Trinajstić information content (AvgIpc) is 3.48. The molecule has 2 fully saturated rings. The molecule has 1 aliphatic carbocycles. The number of amides is 1. The summed E-state index contributed by atoms with van der Waals surface area (Å²) in [5.41, 5.74) is 2.69. The molecule has 1 aliphatic heterocycles. The van der Waals surface area contributed by atoms with Gasteiger partial charge in [0.15, 0.2) is 0 Å². The van der Waals surface area contributed by atoms with Crippen LogP contribution < -0.4 is 0 Å². The van der Waals surface area contributed by atoms with E-state index in [0.29, 0.717) is 11.8 Å². The van der Waals surface area contributed by atoms with E-state index in [1.54, 1.807) is 12.1 Å². The zero-order valence-electron chi connectivity index (χ0n) is 16.1. The molecule has 6 heteroatoms. The monoisotopic (exact) mass is 414 g/mol. The van der Waals surface area contributed by atoms with Gasteiger partial charge in [0.2, 0.25) is 5.91 Å². The van der Waals surface area contributed by atoms with Crippen molar-refractivity contribution in [2.75, 3.05) is 26.2 Å². The fourth-order valence-corrected chi connectivity index (χ4v) is 3.96. The second kappa shape index (κ2) is 8.17. The van der Waals surface area contributed by atoms with Crippen molar-refractivity contribution in [2.45, 2.75) is 19.4 Å². The van der Waals surface area contributed by atoms with E-state index >= 15 is 0 Å². The Hall–Kier alpha value is -2.37. The van der Waals surface area contributed by atoms with Crippen molar-refractivity contribution >= 4 is 29.3 Å². The molecule has 4 nitrogen and oxygen atoms in total. The molecule has 2 aromatic carbocycles. The lowest BCUT2D eigenvalue weighted by Crippen LogP contribution is -2.48. The van der Waals surface area contributed by atoms with Crippen LogP contribution in [0.5, 0.6) is 0 Å². The lowest BCUT2D eigenvalue weighted by atomic mass is 10.0. The Labute approximate surface area is 175 Å². The fraction of sp³-hybridized carbons (Fsp3) is 0.348. The maximum atomic E-state index is 13.5. The van der Waals surface area contributed by atoms with Crippen LogP contribution in [0.2, 0.25) is 0 Å². The summed E-state index contributed by atoms with van der Waals surface area (Å²) in [4.78, 5) is 16.5. The van der Waals surface area contributed by atoms with Crippen molar-refractivity contribution < 1.29 is 13.6 Å². The third-order valence-electron chi connectivity index (χ3n) is 5.72. The van der Waals surface area contributed by atoms with Crippen molar-refractivity contribution in [3.8, 4) is 11.1 Å². The van der Waals surface area contributed by atoms with Gasteiger partial charge in [-0.05, 0) is 54.3 Å². The molecule has 3 aromatic rings. The van der Waals surface area contributed by atoms with Crippen molar-refractivity contribution in [3.63, 3.8) is 0 Å². The zero-order chi connectivity index (χ0) is 19.1. The number of hydrogen-bond donors (Lipinski definition) is 0. The van der Waals surface area contributed by atoms with E-state index in [4.69, 9.17) is 4.42 Å². The highest BCUT2D eigenvalue weighted by Gasteiger charge is 2.34. The molecule has 152 valence electrons. The van der Waals surface area contributed by atoms with Crippen molar-refractivity contribution in [1.82, 2.24) is 9.80 Å². The second-order valence-corrected chi connectivity index (χ2v) is 7.85. The molecule has 0 N–H and O–H groups in total. The van der Waals surface area contributed by atoms with Crippen molar-refractivity contribution in [2.24, 2.45) is 5.92 Å². The highest BCUT2D eigenvalue weighted by molar-refractivity contribution is 5.85. The molecule has 1 aromatic heterocycles. The summed E-state index contributed by atoms with van der Waals surface area (Å²) < 4.78 is 19.5. The number of rotatable bonds is 4. The molecule has 0 radical (unpaired) electrons. The predicted molar refractivity (Wildman–Crippen MR) is 113 cm³/mol. The summed E-state index contributed by atoms with van der Waals surface area (Å²) in [6.07, 6.45) is 2.13. The minimum absolute atomic E-state index is 0. The molecule has 0 spiro atoms. The first kappa shape index (κ1) is 19.9. The highest BCUT2D eigenvalue weighted by atomic mass is 35.5. The molecule has 1 saturated carbocycles. The molecule has 5 rings (SSSR count). The van der Waals surface area contributed by atoms with E-state index in [0.717, 1.165) is 73.4 Å². The molecule has 2 heterocycles. The maximum absolute atomic E-state index is 13.5. The first-order valence-corrected chi connectivity index (χ1v) is 9.95. The SMILES string of the molecule is Cl.O=C(C1CC1)N1CCN(Cc2cc3cc(-c4cccc(F)c4)ccc3o2)CC1. The van der Waals surface area contributed by atoms with E-state index in [1.807, 2.05) is 29.2 Å². The normalized spacial score (nSPS) is 17.3. The van der Waals surface area contributed by atoms with Gasteiger partial charge in [-0.25, -0.2) is 4.39 Å². The Kier molecular flexibility index (Phi) is 5.61. The van der Waals surface area contributed by atoms with Crippen LogP contribution >= 0.6 is 12.4 Å². The number of halogens is 2. The molecular weight excluding hydrogens is 391 g/mol. The van der Waals surface area contributed by atoms with Crippen LogP contribution in [0.15, 0.2) is 52.9 Å². The van der Waals surface area contributed by atoms with Crippen LogP contribution in [0, 0.1) is 11.7 Å². The molecule has 2 aliphatic rings. The third-order valence-corrected chi connectivity index (χ3v) is 5.72. The summed E-state index contributed by atoms with van der Waals surface area (Å²) in [5.74, 6) is 1.33. The Balaban J connectivity index is 0.00000205. The summed E-state index contributed by atoms with van der Waals surface area (Å²) in [7, 11) is 0. The van der Waals surface area contributed by atoms with Gasteiger partial charge in [0.25, 0.3) is 0 Å². The summed E-state index contributed by atoms with van der Waals surface area (Å²) in [6, 6.07) is 14.7. The molecule has 1 amide bonds. The minimum Gasteiger partial charge on any atom is -0.460 e. The molecule has 29 heavy (non-hydrogen) atoms. The molecule has 1 saturated heterocycles. The number of hydrogen-bond acceptors (Lipinski definition) is 3. The van der Waals surface area contributed by atoms with Gasteiger partial charge >= 0.3 is 0 Å². The number of fused-ring (bicyclic) bond motifs is 1. The first-order chi connectivity index (χ1) is 13.7. The first-order valence-electron chi connectivity index (χ1n) is 9.95. The van der Waals surface area contributed by atoms with Gasteiger partial charge in [-0.3, -0.25) is 9.69 Å². The quantitative estimate of drug-likeness (QED) is 0.620. The van der Waals surface area contributed by atoms with Gasteiger partial charge in [-0.1, -0.05) is 18.2 Å². The number of benzene rings is 2.